The lowest BCUT2D eigenvalue weighted by molar-refractivity contribution is -0.183. The Morgan fingerprint density at radius 1 is 1.18 bits per heavy atom. The summed E-state index contributed by atoms with van der Waals surface area (Å²) in [5.41, 5.74) is -1.11. The Hall–Kier alpha value is -1.33. The van der Waals surface area contributed by atoms with Crippen LogP contribution in [0.2, 0.25) is 15.1 Å². The molecule has 1 heterocycles. The highest BCUT2D eigenvalue weighted by Crippen LogP contribution is 2.49. The smallest absolute Gasteiger partial charge is 0.351 e. The van der Waals surface area contributed by atoms with Gasteiger partial charge in [0.2, 0.25) is 5.91 Å². The third-order valence-corrected chi connectivity index (χ3v) is 8.07. The molecule has 1 amide bonds. The average molecular weight is 621 g/mol. The minimum Gasteiger partial charge on any atom is -0.351 e. The van der Waals surface area contributed by atoms with Gasteiger partial charge in [-0.15, -0.1) is 0 Å². The number of carbonyl (C=O) groups is 1. The number of aliphatic imine (C=N–C) groups is 1. The minimum absolute atomic E-state index is 0.0216. The van der Waals surface area contributed by atoms with Crippen molar-refractivity contribution in [3.05, 3.63) is 66.6 Å². The van der Waals surface area contributed by atoms with Gasteiger partial charge < -0.3 is 5.32 Å². The third-order valence-electron chi connectivity index (χ3n) is 5.34. The van der Waals surface area contributed by atoms with Crippen molar-refractivity contribution in [3.8, 4) is 0 Å². The largest absolute Gasteiger partial charge is 0.400 e. The molecule has 0 saturated carbocycles. The van der Waals surface area contributed by atoms with Crippen molar-refractivity contribution in [1.29, 1.82) is 0 Å². The number of carbonyl (C=O) groups excluding carboxylic acids is 1. The number of sulfone groups is 1. The molecule has 0 bridgehead atoms. The summed E-state index contributed by atoms with van der Waals surface area (Å²) in [4.78, 5) is 15.9. The first-order valence-corrected chi connectivity index (χ1v) is 13.6. The second kappa shape index (κ2) is 9.97. The summed E-state index contributed by atoms with van der Waals surface area (Å²) < 4.78 is 65.9. The van der Waals surface area contributed by atoms with Crippen LogP contribution in [-0.2, 0) is 26.6 Å². The topological polar surface area (TPSA) is 75.6 Å². The molecule has 0 aliphatic carbocycles. The summed E-state index contributed by atoms with van der Waals surface area (Å²) in [6.07, 6.45) is -4.12. The van der Waals surface area contributed by atoms with Crippen molar-refractivity contribution < 1.29 is 26.4 Å². The molecule has 0 aromatic heterocycles. The molecular weight excluding hydrogens is 604 g/mol. The van der Waals surface area contributed by atoms with E-state index >= 15 is 0 Å². The fourth-order valence-electron chi connectivity index (χ4n) is 3.55. The Labute approximate surface area is 217 Å². The van der Waals surface area contributed by atoms with Gasteiger partial charge in [0.1, 0.15) is 11.2 Å². The van der Waals surface area contributed by atoms with E-state index in [0.717, 1.165) is 6.26 Å². The van der Waals surface area contributed by atoms with E-state index in [4.69, 9.17) is 34.8 Å². The van der Waals surface area contributed by atoms with Crippen LogP contribution >= 0.6 is 50.7 Å². The highest BCUT2D eigenvalue weighted by Gasteiger charge is 2.58. The molecule has 0 radical (unpaired) electrons. The maximum absolute atomic E-state index is 14.3. The molecule has 0 spiro atoms. The fourth-order valence-corrected chi connectivity index (χ4v) is 5.25. The second-order valence-electron chi connectivity index (χ2n) is 7.93. The van der Waals surface area contributed by atoms with Crippen LogP contribution in [0.1, 0.15) is 23.1 Å². The van der Waals surface area contributed by atoms with Crippen LogP contribution in [0.15, 0.2) is 39.8 Å². The van der Waals surface area contributed by atoms with Crippen molar-refractivity contribution in [3.63, 3.8) is 0 Å². The number of rotatable bonds is 6. The van der Waals surface area contributed by atoms with E-state index in [1.54, 1.807) is 18.2 Å². The molecule has 1 aliphatic rings. The summed E-state index contributed by atoms with van der Waals surface area (Å²) >= 11 is 21.3. The van der Waals surface area contributed by atoms with Gasteiger partial charge in [0, 0.05) is 29.4 Å². The van der Waals surface area contributed by atoms with Gasteiger partial charge in [-0.1, -0.05) is 62.9 Å². The van der Waals surface area contributed by atoms with Gasteiger partial charge in [0.05, 0.1) is 21.6 Å². The molecule has 1 atom stereocenters. The SMILES string of the molecule is CS(=O)(=O)CC(=O)NCc1ccc(C2=NCC(c3cc(Cl)c(Cl)c(Cl)c3)(C(F)(F)F)C2)cc1Br. The summed E-state index contributed by atoms with van der Waals surface area (Å²) in [5.74, 6) is -1.30. The van der Waals surface area contributed by atoms with Gasteiger partial charge in [-0.3, -0.25) is 9.79 Å². The van der Waals surface area contributed by atoms with Crippen LogP contribution in [-0.4, -0.2) is 44.8 Å². The minimum atomic E-state index is -4.64. The van der Waals surface area contributed by atoms with Crippen LogP contribution in [0.4, 0.5) is 13.2 Å². The molecule has 1 N–H and O–H groups in total. The Morgan fingerprint density at radius 3 is 2.32 bits per heavy atom. The number of nitrogens with zero attached hydrogens (tertiary/aromatic N) is 1. The lowest BCUT2D eigenvalue weighted by Gasteiger charge is -2.32. The van der Waals surface area contributed by atoms with Gasteiger partial charge in [-0.25, -0.2) is 8.42 Å². The highest BCUT2D eigenvalue weighted by atomic mass is 79.9. The van der Waals surface area contributed by atoms with Crippen LogP contribution in [0, 0.1) is 0 Å². The van der Waals surface area contributed by atoms with Gasteiger partial charge in [-0.05, 0) is 34.9 Å². The molecule has 34 heavy (non-hydrogen) atoms. The monoisotopic (exact) mass is 618 g/mol. The number of benzene rings is 2. The maximum Gasteiger partial charge on any atom is 0.400 e. The van der Waals surface area contributed by atoms with E-state index in [1.807, 2.05) is 0 Å². The molecule has 13 heteroatoms. The van der Waals surface area contributed by atoms with E-state index in [0.29, 0.717) is 15.6 Å². The molecule has 1 unspecified atom stereocenters. The number of alkyl halides is 3. The average Bonchev–Trinajstić information content (AvgIpc) is 3.16. The van der Waals surface area contributed by atoms with Crippen molar-refractivity contribution >= 4 is 72.2 Å². The molecule has 2 aromatic carbocycles. The summed E-state index contributed by atoms with van der Waals surface area (Å²) in [7, 11) is -3.46. The van der Waals surface area contributed by atoms with E-state index in [9.17, 15) is 26.4 Å². The first-order chi connectivity index (χ1) is 15.6. The van der Waals surface area contributed by atoms with Gasteiger partial charge in [0.25, 0.3) is 0 Å². The number of halogens is 7. The molecule has 2 aromatic rings. The van der Waals surface area contributed by atoms with E-state index in [-0.39, 0.29) is 32.9 Å². The lowest BCUT2D eigenvalue weighted by Crippen LogP contribution is -2.43. The second-order valence-corrected chi connectivity index (χ2v) is 12.1. The predicted octanol–water partition coefficient (Wildman–Crippen LogP) is 5.76. The highest BCUT2D eigenvalue weighted by molar-refractivity contribution is 9.10. The lowest BCUT2D eigenvalue weighted by atomic mass is 9.76. The molecule has 0 fully saturated rings. The number of hydrogen-bond donors (Lipinski definition) is 1. The molecule has 0 saturated heterocycles. The van der Waals surface area contributed by atoms with Gasteiger partial charge in [-0.2, -0.15) is 13.2 Å². The zero-order valence-corrected chi connectivity index (χ0v) is 22.1. The number of hydrogen-bond acceptors (Lipinski definition) is 4. The molecule has 184 valence electrons. The Morgan fingerprint density at radius 2 is 1.79 bits per heavy atom. The van der Waals surface area contributed by atoms with E-state index < -0.39 is 46.1 Å². The summed E-state index contributed by atoms with van der Waals surface area (Å²) in [6.45, 7) is -0.503. The third kappa shape index (κ3) is 5.90. The molecule has 1 aliphatic heterocycles. The molecule has 5 nitrogen and oxygen atoms in total. The Kier molecular flexibility index (Phi) is 7.99. The van der Waals surface area contributed by atoms with Crippen LogP contribution in [0.3, 0.4) is 0 Å². The normalized spacial score (nSPS) is 18.6. The molecular formula is C21H17BrCl3F3N2O3S. The van der Waals surface area contributed by atoms with Crippen LogP contribution in [0.25, 0.3) is 0 Å². The number of nitrogens with one attached hydrogen (secondary N) is 1. The first-order valence-electron chi connectivity index (χ1n) is 9.61. The van der Waals surface area contributed by atoms with Crippen LogP contribution < -0.4 is 5.32 Å². The van der Waals surface area contributed by atoms with Crippen molar-refractivity contribution in [2.45, 2.75) is 24.6 Å². The predicted molar refractivity (Wildman–Crippen MR) is 131 cm³/mol. The first kappa shape index (κ1) is 27.3. The fraction of sp³-hybridized carbons (Fsp3) is 0.333. The van der Waals surface area contributed by atoms with Crippen LogP contribution in [0.5, 0.6) is 0 Å². The summed E-state index contributed by atoms with van der Waals surface area (Å²) in [6, 6.07) is 7.15. The maximum atomic E-state index is 14.3. The van der Waals surface area contributed by atoms with Crippen molar-refractivity contribution in [2.24, 2.45) is 4.99 Å². The number of amides is 1. The quantitative estimate of drug-likeness (QED) is 0.418. The zero-order chi connectivity index (χ0) is 25.5. The van der Waals surface area contributed by atoms with Gasteiger partial charge in [0.15, 0.2) is 9.84 Å². The van der Waals surface area contributed by atoms with E-state index in [1.165, 1.54) is 12.1 Å². The zero-order valence-electron chi connectivity index (χ0n) is 17.4. The van der Waals surface area contributed by atoms with E-state index in [2.05, 4.69) is 26.2 Å². The Balaban J connectivity index is 1.84. The van der Waals surface area contributed by atoms with Gasteiger partial charge >= 0.3 is 6.18 Å². The van der Waals surface area contributed by atoms with Crippen molar-refractivity contribution in [2.75, 3.05) is 18.6 Å². The van der Waals surface area contributed by atoms with Crippen molar-refractivity contribution in [1.82, 2.24) is 5.32 Å². The summed E-state index contributed by atoms with van der Waals surface area (Å²) in [5, 5.41) is 2.32. The standard InChI is InChI=1S/C21H17BrCl3F3N2O3S/c1-34(32,33)9-18(31)29-8-12-3-2-11(4-14(12)22)17-7-20(10-30-17,21(26,27)28)13-5-15(23)19(25)16(24)6-13/h2-6H,7-10H2,1H3,(H,29,31). The Bertz CT molecular complexity index is 1260. The molecule has 3 rings (SSSR count).